The third-order valence-corrected chi connectivity index (χ3v) is 9.39. The van der Waals surface area contributed by atoms with Gasteiger partial charge >= 0.3 is 45.4 Å². The Kier molecular flexibility index (Phi) is 17.1. The molecule has 0 heterocycles. The van der Waals surface area contributed by atoms with Crippen LogP contribution < -0.4 is 10.5 Å². The number of benzene rings is 4. The van der Waals surface area contributed by atoms with E-state index in [0.29, 0.717) is 24.7 Å². The molecule has 0 fully saturated rings. The Balaban J connectivity index is 0.000000224. The van der Waals surface area contributed by atoms with Crippen LogP contribution in [0.1, 0.15) is 84.0 Å². The second-order valence-electron chi connectivity index (χ2n) is 13.8. The molecule has 0 aromatic heterocycles. The Morgan fingerprint density at radius 1 is 0.596 bits per heavy atom. The monoisotopic (exact) mass is 809 g/mol. The zero-order valence-electron chi connectivity index (χ0n) is 32.0. The van der Waals surface area contributed by atoms with Crippen LogP contribution in [0, 0.1) is 41.5 Å². The summed E-state index contributed by atoms with van der Waals surface area (Å²) in [6.45, 7) is 22.3. The van der Waals surface area contributed by atoms with E-state index in [2.05, 4.69) is 165 Å². The zero-order chi connectivity index (χ0) is 38.5. The van der Waals surface area contributed by atoms with Gasteiger partial charge in [-0.15, -0.1) is 69.1 Å². The van der Waals surface area contributed by atoms with Gasteiger partial charge in [-0.05, 0) is 86.8 Å². The Labute approximate surface area is 330 Å². The Morgan fingerprint density at radius 3 is 1.29 bits per heavy atom. The molecular formula is C44H50BCl2N2O2Zr. The van der Waals surface area contributed by atoms with E-state index in [1.54, 1.807) is 0 Å². The standard InChI is InChI=1S/2C21H23.C2H4BN2O2.2ClH.Zr/c2*1-13(2)18-11-17-7-6-8-19(21(17)12-18)20-10-14(3)9-15(4)16(20)5;6-1-4-3-5-2-7;;;/h2*6-13H,1-5H3;1-2H,(H,4,6)(H,5,7);2*1H;/q2*-1;;;;+4/p-2. The first-order chi connectivity index (χ1) is 24.8. The molecule has 0 aliphatic rings. The molecule has 2 amide bonds. The summed E-state index contributed by atoms with van der Waals surface area (Å²) < 4.78 is 0. The van der Waals surface area contributed by atoms with Crippen LogP contribution in [0.4, 0.5) is 0 Å². The van der Waals surface area contributed by atoms with Crippen molar-refractivity contribution in [1.82, 2.24) is 10.5 Å². The third-order valence-electron chi connectivity index (χ3n) is 9.39. The van der Waals surface area contributed by atoms with Crippen molar-refractivity contribution in [3.63, 3.8) is 0 Å². The molecule has 0 atom stereocenters. The van der Waals surface area contributed by atoms with Crippen LogP contribution in [0.15, 0.2) is 84.9 Å². The average Bonchev–Trinajstić information content (AvgIpc) is 3.75. The van der Waals surface area contributed by atoms with Crippen molar-refractivity contribution in [1.29, 1.82) is 0 Å². The molecule has 0 bridgehead atoms. The Hall–Kier alpha value is -3.43. The van der Waals surface area contributed by atoms with E-state index in [4.69, 9.17) is 17.0 Å². The van der Waals surface area contributed by atoms with Gasteiger partial charge in [-0.2, -0.15) is 12.1 Å². The number of carbonyl (C=O) groups is 2. The first kappa shape index (κ1) is 43.0. The summed E-state index contributed by atoms with van der Waals surface area (Å²) in [5, 5.41) is 9.68. The van der Waals surface area contributed by atoms with Gasteiger partial charge < -0.3 is 10.5 Å². The number of amides is 2. The van der Waals surface area contributed by atoms with Crippen molar-refractivity contribution in [3.8, 4) is 22.3 Å². The van der Waals surface area contributed by atoms with E-state index in [1.165, 1.54) is 88.3 Å². The van der Waals surface area contributed by atoms with Crippen molar-refractivity contribution < 1.29 is 30.4 Å². The van der Waals surface area contributed by atoms with Gasteiger partial charge in [0.15, 0.2) is 12.8 Å². The number of aryl methyl sites for hydroxylation is 4. The maximum absolute atomic E-state index is 9.38. The van der Waals surface area contributed by atoms with E-state index in [0.717, 1.165) is 7.55 Å². The van der Waals surface area contributed by atoms with E-state index in [-0.39, 0.29) is 0 Å². The van der Waals surface area contributed by atoms with Crippen LogP contribution in [0.25, 0.3) is 43.8 Å². The zero-order valence-corrected chi connectivity index (χ0v) is 36.0. The molecule has 0 spiro atoms. The molecule has 6 aromatic rings. The molecule has 6 rings (SSSR count). The molecule has 2 N–H and O–H groups in total. The van der Waals surface area contributed by atoms with Crippen molar-refractivity contribution in [3.05, 3.63) is 129 Å². The second-order valence-corrected chi connectivity index (χ2v) is 17.5. The summed E-state index contributed by atoms with van der Waals surface area (Å²) in [5.74, 6) is 1.15. The fraction of sp³-hybridized carbons (Fsp3) is 0.273. The molecular weight excluding hydrogens is 761 g/mol. The van der Waals surface area contributed by atoms with Gasteiger partial charge in [-0.25, -0.2) is 0 Å². The number of halogens is 2. The second kappa shape index (κ2) is 20.7. The van der Waals surface area contributed by atoms with Crippen molar-refractivity contribution in [2.24, 2.45) is 0 Å². The molecule has 0 saturated heterocycles. The van der Waals surface area contributed by atoms with Crippen LogP contribution in [-0.2, 0) is 30.4 Å². The third kappa shape index (κ3) is 11.3. The first-order valence-corrected chi connectivity index (χ1v) is 23.8. The van der Waals surface area contributed by atoms with Gasteiger partial charge in [-0.1, -0.05) is 86.3 Å². The quantitative estimate of drug-likeness (QED) is 0.0696. The van der Waals surface area contributed by atoms with E-state index < -0.39 is 20.8 Å². The summed E-state index contributed by atoms with van der Waals surface area (Å²) in [4.78, 5) is 18.8. The summed E-state index contributed by atoms with van der Waals surface area (Å²) in [6, 6.07) is 31.9. The number of rotatable bonds is 8. The number of carbonyl (C=O) groups excluding carboxylic acids is 2. The number of hydrogen-bond acceptors (Lipinski definition) is 2. The Bertz CT molecular complexity index is 1950. The Morgan fingerprint density at radius 2 is 0.962 bits per heavy atom. The number of fused-ring (bicyclic) bond motifs is 2. The molecule has 0 unspecified atom stereocenters. The number of hydrogen-bond donors (Lipinski definition) is 2. The van der Waals surface area contributed by atoms with Crippen LogP contribution in [0.3, 0.4) is 0 Å². The van der Waals surface area contributed by atoms with Crippen molar-refractivity contribution in [2.75, 3.05) is 0 Å². The van der Waals surface area contributed by atoms with Gasteiger partial charge in [0.2, 0.25) is 0 Å². The summed E-state index contributed by atoms with van der Waals surface area (Å²) in [7, 11) is 11.0. The molecule has 0 saturated carbocycles. The van der Waals surface area contributed by atoms with Gasteiger partial charge in [-0.3, -0.25) is 9.59 Å². The van der Waals surface area contributed by atoms with Crippen LogP contribution in [-0.4, -0.2) is 20.4 Å². The molecule has 1 radical (unpaired) electrons. The molecule has 52 heavy (non-hydrogen) atoms. The molecule has 269 valence electrons. The molecule has 4 nitrogen and oxygen atoms in total. The van der Waals surface area contributed by atoms with E-state index in [1.807, 2.05) is 0 Å². The minimum atomic E-state index is -0.826. The summed E-state index contributed by atoms with van der Waals surface area (Å²) in [6.07, 6.45) is 0.910. The van der Waals surface area contributed by atoms with Gasteiger partial charge in [0.1, 0.15) is 0 Å². The first-order valence-electron chi connectivity index (χ1n) is 17.5. The summed E-state index contributed by atoms with van der Waals surface area (Å²) >= 11 is -0.826. The molecule has 8 heteroatoms. The fourth-order valence-corrected chi connectivity index (χ4v) is 6.41. The fourth-order valence-electron chi connectivity index (χ4n) is 6.41. The van der Waals surface area contributed by atoms with Crippen LogP contribution in [0.5, 0.6) is 0 Å². The number of nitrogens with one attached hydrogen (secondary N) is 2. The topological polar surface area (TPSA) is 58.2 Å². The maximum atomic E-state index is 9.38. The predicted octanol–water partition coefficient (Wildman–Crippen LogP) is 11.9. The predicted molar refractivity (Wildman–Crippen MR) is 222 cm³/mol. The van der Waals surface area contributed by atoms with Gasteiger partial charge in [0.05, 0.1) is 0 Å². The molecule has 0 aliphatic heterocycles. The summed E-state index contributed by atoms with van der Waals surface area (Å²) in [5.41, 5.74) is 16.5. The molecule has 6 aromatic carbocycles. The van der Waals surface area contributed by atoms with E-state index in [9.17, 15) is 9.59 Å². The molecule has 0 aliphatic carbocycles. The normalized spacial score (nSPS) is 10.3. The van der Waals surface area contributed by atoms with Crippen molar-refractivity contribution >= 4 is 58.9 Å². The van der Waals surface area contributed by atoms with Crippen LogP contribution >= 0.6 is 17.0 Å². The average molecular weight is 812 g/mol. The van der Waals surface area contributed by atoms with E-state index >= 15 is 0 Å². The van der Waals surface area contributed by atoms with Crippen molar-refractivity contribution in [2.45, 2.75) is 81.1 Å². The van der Waals surface area contributed by atoms with Gasteiger partial charge in [0, 0.05) is 0 Å². The van der Waals surface area contributed by atoms with Crippen LogP contribution in [0.2, 0.25) is 0 Å². The minimum absolute atomic E-state index is 0.455. The SMILES string of the molecule is Cc1cc(C)c(C)c(-c2cccc3[cH-]c(C(C)C)cc23)c1.Cc1cc(C)c(C)c(-c2cccc3[cH-]c(C(C)C)cc23)c1.O=CN[B]NC=O.[Cl][Zr+2][Cl]. The van der Waals surface area contributed by atoms with Gasteiger partial charge in [0.25, 0.3) is 0 Å².